The number of hydrogen-bond donors (Lipinski definition) is 0. The molecule has 0 N–H and O–H groups in total. The Morgan fingerprint density at radius 1 is 0.263 bits per heavy atom. The Balaban J connectivity index is 0.911. The number of para-hydroxylation sites is 2. The number of aromatic nitrogens is 5. The molecule has 17 rings (SSSR count). The number of fused-ring (bicyclic) bond motifs is 7. The second-order valence-corrected chi connectivity index (χ2v) is 20.2. The van der Waals surface area contributed by atoms with Gasteiger partial charge in [-0.05, 0) is 91.0 Å². The molecule has 0 atom stereocenters. The van der Waals surface area contributed by atoms with Crippen LogP contribution in [0.4, 0.5) is 0 Å². The number of hydrogen-bond acceptors (Lipinski definition) is 3. The van der Waals surface area contributed by atoms with Gasteiger partial charge in [-0.2, -0.15) is 9.97 Å². The summed E-state index contributed by atoms with van der Waals surface area (Å²) in [6, 6.07) is 94.6. The lowest BCUT2D eigenvalue weighted by molar-refractivity contribution is 0.757. The van der Waals surface area contributed by atoms with Crippen LogP contribution in [-0.4, -0.2) is 24.1 Å². The van der Waals surface area contributed by atoms with Gasteiger partial charge in [-0.1, -0.05) is 237 Å². The van der Waals surface area contributed by atoms with E-state index in [2.05, 4.69) is 246 Å². The van der Waals surface area contributed by atoms with E-state index in [0.29, 0.717) is 17.6 Å². The molecule has 0 saturated carbocycles. The van der Waals surface area contributed by atoms with Crippen molar-refractivity contribution in [2.24, 2.45) is 0 Å². The zero-order chi connectivity index (χ0) is 49.8. The van der Waals surface area contributed by atoms with Crippen LogP contribution in [0.5, 0.6) is 0 Å². The minimum Gasteiger partial charge on any atom is -0.307 e. The van der Waals surface area contributed by atoms with Crippen LogP contribution in [0.15, 0.2) is 261 Å². The van der Waals surface area contributed by atoms with Crippen molar-refractivity contribution >= 4 is 43.6 Å². The molecule has 3 heterocycles. The first-order valence-corrected chi connectivity index (χ1v) is 26.2. The normalized spacial score (nSPS) is 14.3. The Morgan fingerprint density at radius 2 is 0.632 bits per heavy atom. The van der Waals surface area contributed by atoms with E-state index in [1.165, 1.54) is 61.0 Å². The fourth-order valence-corrected chi connectivity index (χ4v) is 12.9. The van der Waals surface area contributed by atoms with Gasteiger partial charge < -0.3 is 4.57 Å². The van der Waals surface area contributed by atoms with Gasteiger partial charge in [-0.15, -0.1) is 0 Å². The smallest absolute Gasteiger partial charge is 0.238 e. The maximum Gasteiger partial charge on any atom is 0.238 e. The summed E-state index contributed by atoms with van der Waals surface area (Å²) in [4.78, 5) is 16.0. The standard InChI is InChI=1S/C71H45N5/c1-4-18-44(19-5-1)45-32-34-49(35-33-45)70-72-69(48-22-8-3-9-23-48)73-71(74-70)76-62-31-17-15-25-54(62)60-43-42-59-53-24-14-16-30-61(53)75(67(59)68(60)76)50-38-36-47(37-39-50)52-41-40-51(46-20-6-2-7-21-46)65-63-55-26-10-12-28-57(55)64(66(52)65)58-29-13-11-27-56(58)63/h1-43,63-64H. The van der Waals surface area contributed by atoms with Gasteiger partial charge in [0.1, 0.15) is 0 Å². The second-order valence-electron chi connectivity index (χ2n) is 20.2. The van der Waals surface area contributed by atoms with Gasteiger partial charge in [0.25, 0.3) is 0 Å². The van der Waals surface area contributed by atoms with Crippen LogP contribution in [0.1, 0.15) is 45.2 Å². The third-order valence-electron chi connectivity index (χ3n) is 16.2. The molecule has 3 aliphatic rings. The minimum absolute atomic E-state index is 0.116. The molecule has 14 aromatic rings. The van der Waals surface area contributed by atoms with Crippen molar-refractivity contribution in [1.29, 1.82) is 0 Å². The molecule has 0 amide bonds. The molecule has 0 aliphatic heterocycles. The van der Waals surface area contributed by atoms with Crippen molar-refractivity contribution < 1.29 is 0 Å². The molecule has 0 unspecified atom stereocenters. The highest BCUT2D eigenvalue weighted by Crippen LogP contribution is 2.60. The second kappa shape index (κ2) is 16.8. The van der Waals surface area contributed by atoms with Crippen LogP contribution in [0.2, 0.25) is 0 Å². The van der Waals surface area contributed by atoms with Gasteiger partial charge in [-0.3, -0.25) is 4.57 Å². The van der Waals surface area contributed by atoms with Crippen LogP contribution in [0.25, 0.3) is 111 Å². The van der Waals surface area contributed by atoms with Crippen LogP contribution in [-0.2, 0) is 0 Å². The minimum atomic E-state index is 0.116. The molecule has 3 aliphatic carbocycles. The SMILES string of the molecule is c1ccc(-c2ccc(-c3nc(-c4ccccc4)nc(-n4c5ccccc5c5ccc6c7ccccc7n(-c7ccc(-c8ccc(-c9ccccc9)c9c8C8c%10ccccc%10C9c9ccccc98)cc7)c6c54)n3)cc2)cc1. The summed E-state index contributed by atoms with van der Waals surface area (Å²) >= 11 is 0. The zero-order valence-corrected chi connectivity index (χ0v) is 41.2. The Morgan fingerprint density at radius 3 is 1.16 bits per heavy atom. The van der Waals surface area contributed by atoms with Crippen LogP contribution < -0.4 is 0 Å². The Hall–Kier alpha value is -9.97. The summed E-state index contributed by atoms with van der Waals surface area (Å²) in [5.74, 6) is 2.03. The monoisotopic (exact) mass is 967 g/mol. The Labute approximate surface area is 439 Å². The fourth-order valence-electron chi connectivity index (χ4n) is 12.9. The molecular weight excluding hydrogens is 923 g/mol. The van der Waals surface area contributed by atoms with E-state index in [1.54, 1.807) is 0 Å². The predicted octanol–water partition coefficient (Wildman–Crippen LogP) is 17.4. The largest absolute Gasteiger partial charge is 0.307 e. The van der Waals surface area contributed by atoms with E-state index < -0.39 is 0 Å². The van der Waals surface area contributed by atoms with Crippen molar-refractivity contribution in [3.63, 3.8) is 0 Å². The van der Waals surface area contributed by atoms with E-state index in [4.69, 9.17) is 15.0 Å². The first-order valence-electron chi connectivity index (χ1n) is 26.2. The summed E-state index contributed by atoms with van der Waals surface area (Å²) in [6.07, 6.45) is 0. The van der Waals surface area contributed by atoms with E-state index in [9.17, 15) is 0 Å². The van der Waals surface area contributed by atoms with Crippen molar-refractivity contribution in [1.82, 2.24) is 24.1 Å². The maximum atomic E-state index is 5.42. The molecule has 354 valence electrons. The molecule has 76 heavy (non-hydrogen) atoms. The topological polar surface area (TPSA) is 48.5 Å². The van der Waals surface area contributed by atoms with Crippen molar-refractivity contribution in [3.05, 3.63) is 294 Å². The van der Waals surface area contributed by atoms with Gasteiger partial charge in [0.15, 0.2) is 11.6 Å². The molecule has 11 aromatic carbocycles. The van der Waals surface area contributed by atoms with Gasteiger partial charge >= 0.3 is 0 Å². The molecule has 5 nitrogen and oxygen atoms in total. The summed E-state index contributed by atoms with van der Waals surface area (Å²) in [6.45, 7) is 0. The molecule has 0 fully saturated rings. The van der Waals surface area contributed by atoms with Crippen molar-refractivity contribution in [2.45, 2.75) is 11.8 Å². The lowest BCUT2D eigenvalue weighted by atomic mass is 9.58. The highest BCUT2D eigenvalue weighted by atomic mass is 15.2. The van der Waals surface area contributed by atoms with Crippen LogP contribution in [0, 0.1) is 0 Å². The first kappa shape index (κ1) is 42.5. The van der Waals surface area contributed by atoms with E-state index in [1.807, 2.05) is 24.3 Å². The van der Waals surface area contributed by atoms with E-state index >= 15 is 0 Å². The van der Waals surface area contributed by atoms with Gasteiger partial charge in [-0.25, -0.2) is 4.98 Å². The van der Waals surface area contributed by atoms with Gasteiger partial charge in [0.2, 0.25) is 5.95 Å². The molecule has 0 radical (unpaired) electrons. The quantitative estimate of drug-likeness (QED) is 0.160. The molecular formula is C71H45N5. The van der Waals surface area contributed by atoms with Gasteiger partial charge in [0.05, 0.1) is 22.1 Å². The average molecular weight is 968 g/mol. The highest BCUT2D eigenvalue weighted by molar-refractivity contribution is 6.23. The Bertz CT molecular complexity index is 4570. The molecule has 3 aromatic heterocycles. The maximum absolute atomic E-state index is 5.42. The molecule has 2 bridgehead atoms. The Kier molecular flexibility index (Phi) is 9.39. The predicted molar refractivity (Wildman–Crippen MR) is 310 cm³/mol. The lowest BCUT2D eigenvalue weighted by Crippen LogP contribution is -2.28. The summed E-state index contributed by atoms with van der Waals surface area (Å²) in [7, 11) is 0. The third kappa shape index (κ3) is 6.36. The third-order valence-corrected chi connectivity index (χ3v) is 16.2. The van der Waals surface area contributed by atoms with Gasteiger partial charge in [0, 0.05) is 50.2 Å². The van der Waals surface area contributed by atoms with Crippen molar-refractivity contribution in [3.8, 4) is 67.8 Å². The van der Waals surface area contributed by atoms with Crippen molar-refractivity contribution in [2.75, 3.05) is 0 Å². The zero-order valence-electron chi connectivity index (χ0n) is 41.2. The molecule has 0 saturated heterocycles. The lowest BCUT2D eigenvalue weighted by Gasteiger charge is -2.44. The van der Waals surface area contributed by atoms with Crippen LogP contribution >= 0.6 is 0 Å². The van der Waals surface area contributed by atoms with Crippen LogP contribution in [0.3, 0.4) is 0 Å². The van der Waals surface area contributed by atoms with E-state index in [-0.39, 0.29) is 11.8 Å². The fraction of sp³-hybridized carbons (Fsp3) is 0.0282. The first-order chi connectivity index (χ1) is 37.7. The average Bonchev–Trinajstić information content (AvgIpc) is 4.11. The number of rotatable bonds is 7. The summed E-state index contributed by atoms with van der Waals surface area (Å²) in [5.41, 5.74) is 23.0. The number of benzene rings is 11. The highest BCUT2D eigenvalue weighted by Gasteiger charge is 2.43. The number of nitrogens with zero attached hydrogens (tertiary/aromatic N) is 5. The van der Waals surface area contributed by atoms with E-state index in [0.717, 1.165) is 66.2 Å². The summed E-state index contributed by atoms with van der Waals surface area (Å²) in [5, 5.41) is 4.59. The summed E-state index contributed by atoms with van der Waals surface area (Å²) < 4.78 is 4.73. The molecule has 0 spiro atoms. The molecule has 5 heteroatoms.